The van der Waals surface area contributed by atoms with Crippen molar-refractivity contribution in [2.75, 3.05) is 0 Å². The topological polar surface area (TPSA) is 50.9 Å². The molecule has 0 aliphatic carbocycles. The van der Waals surface area contributed by atoms with Crippen LogP contribution < -0.4 is 11.3 Å². The fourth-order valence-corrected chi connectivity index (χ4v) is 1.83. The average molecular weight is 185 g/mol. The molecule has 1 atom stereocenters. The van der Waals surface area contributed by atoms with Crippen LogP contribution in [0.15, 0.2) is 11.7 Å². The predicted molar refractivity (Wildman–Crippen MR) is 51.6 cm³/mol. The van der Waals surface area contributed by atoms with E-state index < -0.39 is 0 Å². The van der Waals surface area contributed by atoms with Crippen molar-refractivity contribution in [1.82, 2.24) is 10.4 Å². The maximum absolute atomic E-state index is 5.44. The van der Waals surface area contributed by atoms with Crippen molar-refractivity contribution < 1.29 is 0 Å². The van der Waals surface area contributed by atoms with Crippen molar-refractivity contribution in [3.05, 3.63) is 16.6 Å². The lowest BCUT2D eigenvalue weighted by atomic mass is 10.0. The molecule has 0 saturated carbocycles. The number of nitrogens with two attached hydrogens (primary N) is 1. The molecule has 0 aromatic carbocycles. The second kappa shape index (κ2) is 4.54. The highest BCUT2D eigenvalue weighted by molar-refractivity contribution is 7.09. The van der Waals surface area contributed by atoms with E-state index in [0.29, 0.717) is 5.92 Å². The van der Waals surface area contributed by atoms with Crippen LogP contribution in [-0.4, -0.2) is 4.98 Å². The summed E-state index contributed by atoms with van der Waals surface area (Å²) in [6.45, 7) is 4.37. The third kappa shape index (κ3) is 2.55. The standard InChI is InChI=1S/C8H15N3S/c1-6(2)3-7(11-9)8-4-10-5-12-8/h4-7,11H,3,9H2,1-2H3. The Labute approximate surface area is 77.0 Å². The highest BCUT2D eigenvalue weighted by atomic mass is 32.1. The van der Waals surface area contributed by atoms with Crippen LogP contribution >= 0.6 is 11.3 Å². The fraction of sp³-hybridized carbons (Fsp3) is 0.625. The molecule has 0 aliphatic heterocycles. The number of thiazole rings is 1. The summed E-state index contributed by atoms with van der Waals surface area (Å²) in [5.74, 6) is 6.09. The average Bonchev–Trinajstić information content (AvgIpc) is 2.51. The first kappa shape index (κ1) is 9.64. The van der Waals surface area contributed by atoms with Gasteiger partial charge in [0.05, 0.1) is 11.6 Å². The lowest BCUT2D eigenvalue weighted by molar-refractivity contribution is 0.443. The van der Waals surface area contributed by atoms with Gasteiger partial charge in [0.25, 0.3) is 0 Å². The van der Waals surface area contributed by atoms with Gasteiger partial charge < -0.3 is 0 Å². The van der Waals surface area contributed by atoms with Gasteiger partial charge in [0.15, 0.2) is 0 Å². The van der Waals surface area contributed by atoms with Gasteiger partial charge in [-0.15, -0.1) is 11.3 Å². The molecule has 68 valence electrons. The SMILES string of the molecule is CC(C)CC(NN)c1cncs1. The van der Waals surface area contributed by atoms with E-state index in [1.165, 1.54) is 4.88 Å². The van der Waals surface area contributed by atoms with E-state index in [1.807, 2.05) is 11.7 Å². The molecule has 1 unspecified atom stereocenters. The number of hydrogen-bond acceptors (Lipinski definition) is 4. The molecule has 3 N–H and O–H groups in total. The number of aromatic nitrogens is 1. The maximum Gasteiger partial charge on any atom is 0.0794 e. The molecular formula is C8H15N3S. The summed E-state index contributed by atoms with van der Waals surface area (Å²) in [4.78, 5) is 5.24. The van der Waals surface area contributed by atoms with Crippen LogP contribution in [0.1, 0.15) is 31.2 Å². The molecule has 3 nitrogen and oxygen atoms in total. The Kier molecular flexibility index (Phi) is 3.65. The minimum atomic E-state index is 0.262. The zero-order valence-electron chi connectivity index (χ0n) is 7.45. The summed E-state index contributed by atoms with van der Waals surface area (Å²) in [6, 6.07) is 0.262. The summed E-state index contributed by atoms with van der Waals surface area (Å²) in [5, 5.41) is 0. The molecular weight excluding hydrogens is 170 g/mol. The largest absolute Gasteiger partial charge is 0.271 e. The minimum absolute atomic E-state index is 0.262. The molecule has 0 aliphatic rings. The van der Waals surface area contributed by atoms with Gasteiger partial charge in [-0.2, -0.15) is 0 Å². The summed E-state index contributed by atoms with van der Waals surface area (Å²) in [6.07, 6.45) is 2.93. The normalized spacial score (nSPS) is 13.7. The van der Waals surface area contributed by atoms with Gasteiger partial charge in [0, 0.05) is 11.1 Å². The third-order valence-electron chi connectivity index (χ3n) is 1.70. The first-order valence-corrected chi connectivity index (χ1v) is 4.96. The number of nitrogens with one attached hydrogen (secondary N) is 1. The molecule has 0 fully saturated rings. The zero-order chi connectivity index (χ0) is 8.97. The van der Waals surface area contributed by atoms with Gasteiger partial charge in [-0.25, -0.2) is 0 Å². The molecule has 0 spiro atoms. The van der Waals surface area contributed by atoms with E-state index in [1.54, 1.807) is 11.3 Å². The van der Waals surface area contributed by atoms with Crippen LogP contribution in [0.4, 0.5) is 0 Å². The van der Waals surface area contributed by atoms with Crippen LogP contribution in [0.2, 0.25) is 0 Å². The second-order valence-electron chi connectivity index (χ2n) is 3.25. The summed E-state index contributed by atoms with van der Waals surface area (Å²) in [5.41, 5.74) is 4.64. The second-order valence-corrected chi connectivity index (χ2v) is 4.17. The van der Waals surface area contributed by atoms with E-state index in [4.69, 9.17) is 5.84 Å². The van der Waals surface area contributed by atoms with Gasteiger partial charge >= 0.3 is 0 Å². The molecule has 1 aromatic heterocycles. The van der Waals surface area contributed by atoms with Gasteiger partial charge in [0.1, 0.15) is 0 Å². The Morgan fingerprint density at radius 3 is 2.83 bits per heavy atom. The minimum Gasteiger partial charge on any atom is -0.271 e. The van der Waals surface area contributed by atoms with Crippen LogP contribution in [-0.2, 0) is 0 Å². The van der Waals surface area contributed by atoms with Crippen LogP contribution in [0.3, 0.4) is 0 Å². The van der Waals surface area contributed by atoms with Gasteiger partial charge in [-0.1, -0.05) is 13.8 Å². The Bertz CT molecular complexity index is 208. The van der Waals surface area contributed by atoms with Crippen molar-refractivity contribution in [2.24, 2.45) is 11.8 Å². The van der Waals surface area contributed by atoms with Crippen LogP contribution in [0.25, 0.3) is 0 Å². The number of nitrogens with zero attached hydrogens (tertiary/aromatic N) is 1. The smallest absolute Gasteiger partial charge is 0.0794 e. The lowest BCUT2D eigenvalue weighted by Crippen LogP contribution is -2.28. The molecule has 0 saturated heterocycles. The molecule has 12 heavy (non-hydrogen) atoms. The van der Waals surface area contributed by atoms with Crippen molar-refractivity contribution in [2.45, 2.75) is 26.3 Å². The van der Waals surface area contributed by atoms with Gasteiger partial charge in [0.2, 0.25) is 0 Å². The fourth-order valence-electron chi connectivity index (χ4n) is 1.14. The van der Waals surface area contributed by atoms with Crippen molar-refractivity contribution in [1.29, 1.82) is 0 Å². The monoisotopic (exact) mass is 185 g/mol. The summed E-state index contributed by atoms with van der Waals surface area (Å²) >= 11 is 1.64. The number of hydrogen-bond donors (Lipinski definition) is 2. The third-order valence-corrected chi connectivity index (χ3v) is 2.59. The van der Waals surface area contributed by atoms with Crippen molar-refractivity contribution in [3.8, 4) is 0 Å². The van der Waals surface area contributed by atoms with E-state index in [2.05, 4.69) is 24.3 Å². The predicted octanol–water partition coefficient (Wildman–Crippen LogP) is 1.69. The van der Waals surface area contributed by atoms with Crippen LogP contribution in [0.5, 0.6) is 0 Å². The first-order valence-electron chi connectivity index (χ1n) is 4.08. The van der Waals surface area contributed by atoms with Crippen molar-refractivity contribution >= 4 is 11.3 Å². The quantitative estimate of drug-likeness (QED) is 0.554. The lowest BCUT2D eigenvalue weighted by Gasteiger charge is -2.15. The van der Waals surface area contributed by atoms with Gasteiger partial charge in [-0.05, 0) is 12.3 Å². The zero-order valence-corrected chi connectivity index (χ0v) is 8.27. The Balaban J connectivity index is 2.57. The Morgan fingerprint density at radius 2 is 2.42 bits per heavy atom. The van der Waals surface area contributed by atoms with Crippen molar-refractivity contribution in [3.63, 3.8) is 0 Å². The Morgan fingerprint density at radius 1 is 1.67 bits per heavy atom. The molecule has 1 aromatic rings. The molecule has 4 heteroatoms. The number of hydrazine groups is 1. The molecule has 0 radical (unpaired) electrons. The number of rotatable bonds is 4. The van der Waals surface area contributed by atoms with E-state index in [9.17, 15) is 0 Å². The summed E-state index contributed by atoms with van der Waals surface area (Å²) in [7, 11) is 0. The Hall–Kier alpha value is -0.450. The van der Waals surface area contributed by atoms with Gasteiger partial charge in [-0.3, -0.25) is 16.3 Å². The van der Waals surface area contributed by atoms with E-state index in [0.717, 1.165) is 6.42 Å². The first-order chi connectivity index (χ1) is 5.74. The highest BCUT2D eigenvalue weighted by Crippen LogP contribution is 2.22. The molecule has 1 rings (SSSR count). The van der Waals surface area contributed by atoms with Crippen LogP contribution in [0, 0.1) is 5.92 Å². The molecule has 1 heterocycles. The molecule has 0 bridgehead atoms. The maximum atomic E-state index is 5.44. The highest BCUT2D eigenvalue weighted by Gasteiger charge is 2.12. The van der Waals surface area contributed by atoms with E-state index >= 15 is 0 Å². The van der Waals surface area contributed by atoms with E-state index in [-0.39, 0.29) is 6.04 Å². The molecule has 0 amide bonds. The summed E-state index contributed by atoms with van der Waals surface area (Å²) < 4.78 is 0.